The van der Waals surface area contributed by atoms with Crippen molar-refractivity contribution in [2.45, 2.75) is 13.2 Å². The molecule has 0 saturated heterocycles. The summed E-state index contributed by atoms with van der Waals surface area (Å²) in [6.45, 7) is 0.908. The van der Waals surface area contributed by atoms with E-state index in [2.05, 4.69) is 21.4 Å². The zero-order chi connectivity index (χ0) is 14.4. The van der Waals surface area contributed by atoms with Crippen molar-refractivity contribution in [3.63, 3.8) is 0 Å². The number of methoxy groups -OCH3 is 1. The number of hydrogen-bond donors (Lipinski definition) is 2. The maximum Gasteiger partial charge on any atom is 0.158 e. The summed E-state index contributed by atoms with van der Waals surface area (Å²) in [6.07, 6.45) is 0. The molecule has 1 aromatic carbocycles. The molecular formula is C14H15N5O. The smallest absolute Gasteiger partial charge is 0.158 e. The van der Waals surface area contributed by atoms with Gasteiger partial charge in [0.1, 0.15) is 18.2 Å². The van der Waals surface area contributed by atoms with Crippen LogP contribution in [0.5, 0.6) is 0 Å². The summed E-state index contributed by atoms with van der Waals surface area (Å²) < 4.78 is 4.99. The Morgan fingerprint density at radius 3 is 2.70 bits per heavy atom. The minimum Gasteiger partial charge on any atom is -0.384 e. The van der Waals surface area contributed by atoms with Gasteiger partial charge in [0.2, 0.25) is 0 Å². The van der Waals surface area contributed by atoms with Gasteiger partial charge in [0.05, 0.1) is 11.6 Å². The van der Waals surface area contributed by atoms with E-state index in [9.17, 15) is 0 Å². The Morgan fingerprint density at radius 1 is 1.30 bits per heavy atom. The highest BCUT2D eigenvalue weighted by molar-refractivity contribution is 5.45. The predicted molar refractivity (Wildman–Crippen MR) is 75.6 cm³/mol. The monoisotopic (exact) mass is 269 g/mol. The molecule has 0 unspecified atom stereocenters. The van der Waals surface area contributed by atoms with E-state index in [1.165, 1.54) is 0 Å². The van der Waals surface area contributed by atoms with Gasteiger partial charge in [0, 0.05) is 19.7 Å². The van der Waals surface area contributed by atoms with E-state index in [4.69, 9.17) is 15.7 Å². The van der Waals surface area contributed by atoms with Crippen LogP contribution in [0.2, 0.25) is 0 Å². The van der Waals surface area contributed by atoms with E-state index >= 15 is 0 Å². The van der Waals surface area contributed by atoms with Crippen LogP contribution in [0.1, 0.15) is 17.0 Å². The van der Waals surface area contributed by atoms with Crippen LogP contribution in [0.15, 0.2) is 30.3 Å². The molecule has 3 N–H and O–H groups in total. The Balaban J connectivity index is 2.04. The number of anilines is 2. The normalized spacial score (nSPS) is 10.0. The van der Waals surface area contributed by atoms with Crippen LogP contribution in [-0.4, -0.2) is 17.1 Å². The zero-order valence-electron chi connectivity index (χ0n) is 11.1. The lowest BCUT2D eigenvalue weighted by molar-refractivity contribution is 0.178. The van der Waals surface area contributed by atoms with Crippen molar-refractivity contribution in [2.75, 3.05) is 18.2 Å². The predicted octanol–water partition coefficient (Wildman–Crippen LogP) is 1.69. The highest BCUT2D eigenvalue weighted by atomic mass is 16.5. The molecule has 2 aromatic rings. The van der Waals surface area contributed by atoms with Gasteiger partial charge in [0.25, 0.3) is 0 Å². The lowest BCUT2D eigenvalue weighted by atomic mass is 10.1. The minimum absolute atomic E-state index is 0.316. The number of hydrogen-bond acceptors (Lipinski definition) is 6. The minimum atomic E-state index is 0.316. The van der Waals surface area contributed by atoms with Gasteiger partial charge in [-0.05, 0) is 17.7 Å². The van der Waals surface area contributed by atoms with Gasteiger partial charge in [-0.2, -0.15) is 5.26 Å². The second-order valence-corrected chi connectivity index (χ2v) is 4.19. The quantitative estimate of drug-likeness (QED) is 0.857. The summed E-state index contributed by atoms with van der Waals surface area (Å²) in [5.74, 6) is 1.58. The molecule has 0 amide bonds. The molecule has 20 heavy (non-hydrogen) atoms. The van der Waals surface area contributed by atoms with Gasteiger partial charge >= 0.3 is 0 Å². The van der Waals surface area contributed by atoms with Crippen molar-refractivity contribution in [1.82, 2.24) is 9.97 Å². The Labute approximate surface area is 117 Å². The highest BCUT2D eigenvalue weighted by Crippen LogP contribution is 2.11. The van der Waals surface area contributed by atoms with E-state index in [0.717, 1.165) is 5.56 Å². The molecule has 0 radical (unpaired) electrons. The Hall–Kier alpha value is -2.65. The fourth-order valence-corrected chi connectivity index (χ4v) is 1.69. The van der Waals surface area contributed by atoms with Crippen LogP contribution < -0.4 is 11.1 Å². The molecule has 0 spiro atoms. The fraction of sp³-hybridized carbons (Fsp3) is 0.214. The summed E-state index contributed by atoms with van der Waals surface area (Å²) in [5.41, 5.74) is 7.41. The van der Waals surface area contributed by atoms with Crippen LogP contribution in [0.25, 0.3) is 0 Å². The maximum atomic E-state index is 8.74. The van der Waals surface area contributed by atoms with Crippen molar-refractivity contribution >= 4 is 11.6 Å². The molecule has 0 fully saturated rings. The molecule has 6 nitrogen and oxygen atoms in total. The summed E-state index contributed by atoms with van der Waals surface area (Å²) in [6, 6.07) is 11.1. The number of nitrogens with zero attached hydrogens (tertiary/aromatic N) is 3. The summed E-state index contributed by atoms with van der Waals surface area (Å²) in [5, 5.41) is 11.9. The molecule has 102 valence electrons. The van der Waals surface area contributed by atoms with Crippen molar-refractivity contribution in [3.8, 4) is 6.07 Å². The second kappa shape index (κ2) is 6.50. The molecular weight excluding hydrogens is 254 g/mol. The van der Waals surface area contributed by atoms with Gasteiger partial charge in [-0.25, -0.2) is 9.97 Å². The Kier molecular flexibility index (Phi) is 4.47. The Morgan fingerprint density at radius 2 is 2.05 bits per heavy atom. The van der Waals surface area contributed by atoms with Crippen LogP contribution in [0.4, 0.5) is 11.6 Å². The number of nitriles is 1. The molecule has 0 atom stereocenters. The Bertz CT molecular complexity index is 618. The first kappa shape index (κ1) is 13.8. The van der Waals surface area contributed by atoms with E-state index in [-0.39, 0.29) is 0 Å². The maximum absolute atomic E-state index is 8.74. The molecule has 0 aliphatic carbocycles. The van der Waals surface area contributed by atoms with Gasteiger partial charge < -0.3 is 15.8 Å². The second-order valence-electron chi connectivity index (χ2n) is 4.19. The van der Waals surface area contributed by atoms with E-state index in [1.807, 2.05) is 12.1 Å². The van der Waals surface area contributed by atoms with Gasteiger partial charge in [-0.15, -0.1) is 0 Å². The summed E-state index contributed by atoms with van der Waals surface area (Å²) in [4.78, 5) is 8.36. The highest BCUT2D eigenvalue weighted by Gasteiger charge is 2.02. The lowest BCUT2D eigenvalue weighted by Crippen LogP contribution is -2.07. The third-order valence-electron chi connectivity index (χ3n) is 2.62. The van der Waals surface area contributed by atoms with Gasteiger partial charge in [-0.3, -0.25) is 0 Å². The number of nitrogens with one attached hydrogen (secondary N) is 1. The first-order chi connectivity index (χ1) is 9.71. The average molecular weight is 269 g/mol. The third kappa shape index (κ3) is 3.67. The van der Waals surface area contributed by atoms with E-state index < -0.39 is 0 Å². The van der Waals surface area contributed by atoms with E-state index in [1.54, 1.807) is 25.3 Å². The third-order valence-corrected chi connectivity index (χ3v) is 2.62. The first-order valence-electron chi connectivity index (χ1n) is 6.06. The van der Waals surface area contributed by atoms with Crippen LogP contribution >= 0.6 is 0 Å². The average Bonchev–Trinajstić information content (AvgIpc) is 2.45. The number of nitrogen functional groups attached to an aromatic ring is 1. The standard InChI is InChI=1S/C14H15N5O/c1-20-9-14-18-12(16)6-13(19-14)17-8-11-4-2-10(7-15)3-5-11/h2-6H,8-9H2,1H3,(H3,16,17,18,19). The van der Waals surface area contributed by atoms with Crippen molar-refractivity contribution < 1.29 is 4.74 Å². The molecule has 1 aromatic heterocycles. The SMILES string of the molecule is COCc1nc(N)cc(NCc2ccc(C#N)cc2)n1. The summed E-state index contributed by atoms with van der Waals surface area (Å²) in [7, 11) is 1.58. The molecule has 1 heterocycles. The molecule has 0 aliphatic heterocycles. The zero-order valence-corrected chi connectivity index (χ0v) is 11.1. The summed E-state index contributed by atoms with van der Waals surface area (Å²) >= 11 is 0. The van der Waals surface area contributed by atoms with Gasteiger partial charge in [0.15, 0.2) is 5.82 Å². The topological polar surface area (TPSA) is 96.9 Å². The molecule has 6 heteroatoms. The van der Waals surface area contributed by atoms with Crippen LogP contribution in [-0.2, 0) is 17.9 Å². The number of benzene rings is 1. The van der Waals surface area contributed by atoms with Crippen LogP contribution in [0, 0.1) is 11.3 Å². The van der Waals surface area contributed by atoms with Crippen molar-refractivity contribution in [1.29, 1.82) is 5.26 Å². The number of aromatic nitrogens is 2. The van der Waals surface area contributed by atoms with E-state index in [0.29, 0.717) is 36.2 Å². The number of ether oxygens (including phenoxy) is 1. The fourth-order valence-electron chi connectivity index (χ4n) is 1.69. The van der Waals surface area contributed by atoms with Gasteiger partial charge in [-0.1, -0.05) is 12.1 Å². The molecule has 0 aliphatic rings. The van der Waals surface area contributed by atoms with Crippen molar-refractivity contribution in [3.05, 3.63) is 47.3 Å². The molecule has 0 bridgehead atoms. The molecule has 0 saturated carbocycles. The number of nitrogens with two attached hydrogens (primary N) is 1. The van der Waals surface area contributed by atoms with Crippen LogP contribution in [0.3, 0.4) is 0 Å². The van der Waals surface area contributed by atoms with Crippen molar-refractivity contribution in [2.24, 2.45) is 0 Å². The number of rotatable bonds is 5. The molecule has 2 rings (SSSR count). The largest absolute Gasteiger partial charge is 0.384 e. The lowest BCUT2D eigenvalue weighted by Gasteiger charge is -2.08. The first-order valence-corrected chi connectivity index (χ1v) is 6.06.